The molecule has 1 aliphatic carbocycles. The Hall–Kier alpha value is -1.69. The molecule has 3 rings (SSSR count). The molecular weight excluding hydrogens is 256 g/mol. The van der Waals surface area contributed by atoms with E-state index in [9.17, 15) is 9.59 Å². The monoisotopic (exact) mass is 276 g/mol. The van der Waals surface area contributed by atoms with E-state index in [2.05, 4.69) is 14.9 Å². The van der Waals surface area contributed by atoms with Gasteiger partial charge >= 0.3 is 0 Å². The van der Waals surface area contributed by atoms with E-state index in [1.54, 1.807) is 11.8 Å². The first kappa shape index (κ1) is 13.3. The van der Waals surface area contributed by atoms with Crippen molar-refractivity contribution in [3.05, 3.63) is 27.4 Å². The van der Waals surface area contributed by atoms with Gasteiger partial charge in [0.15, 0.2) is 0 Å². The van der Waals surface area contributed by atoms with Crippen LogP contribution in [0.4, 0.5) is 0 Å². The van der Waals surface area contributed by atoms with Crippen molar-refractivity contribution in [2.45, 2.75) is 25.7 Å². The van der Waals surface area contributed by atoms with E-state index in [0.29, 0.717) is 24.7 Å². The number of aromatic amines is 1. The minimum Gasteiger partial charge on any atom is -0.336 e. The van der Waals surface area contributed by atoms with Gasteiger partial charge in [-0.3, -0.25) is 9.59 Å². The van der Waals surface area contributed by atoms with E-state index >= 15 is 0 Å². The van der Waals surface area contributed by atoms with E-state index in [1.807, 2.05) is 7.05 Å². The summed E-state index contributed by atoms with van der Waals surface area (Å²) in [7, 11) is 2.03. The molecule has 0 unspecified atom stereocenters. The van der Waals surface area contributed by atoms with Gasteiger partial charge in [0, 0.05) is 32.1 Å². The van der Waals surface area contributed by atoms with Gasteiger partial charge in [0.2, 0.25) is 0 Å². The SMILES string of the molecule is Cc1nc(C2CC2)[nH]c(=O)c1C(=O)N1CCN(C)CC1. The van der Waals surface area contributed by atoms with Crippen LogP contribution in [-0.4, -0.2) is 58.9 Å². The number of H-pyrrole nitrogens is 1. The average molecular weight is 276 g/mol. The van der Waals surface area contributed by atoms with Crippen LogP contribution in [0.3, 0.4) is 0 Å². The van der Waals surface area contributed by atoms with E-state index in [4.69, 9.17) is 0 Å². The quantitative estimate of drug-likeness (QED) is 0.846. The van der Waals surface area contributed by atoms with Crippen molar-refractivity contribution in [2.75, 3.05) is 33.2 Å². The minimum absolute atomic E-state index is 0.188. The molecule has 6 nitrogen and oxygen atoms in total. The topological polar surface area (TPSA) is 69.3 Å². The number of nitrogens with one attached hydrogen (secondary N) is 1. The second-order valence-corrected chi connectivity index (χ2v) is 5.78. The van der Waals surface area contributed by atoms with Crippen molar-refractivity contribution >= 4 is 5.91 Å². The Bertz CT molecular complexity index is 583. The largest absolute Gasteiger partial charge is 0.336 e. The van der Waals surface area contributed by atoms with Crippen LogP contribution in [0.1, 0.15) is 40.6 Å². The lowest BCUT2D eigenvalue weighted by atomic mass is 10.2. The molecular formula is C14H20N4O2. The van der Waals surface area contributed by atoms with Crippen molar-refractivity contribution in [1.29, 1.82) is 0 Å². The van der Waals surface area contributed by atoms with Crippen LogP contribution < -0.4 is 5.56 Å². The van der Waals surface area contributed by atoms with Crippen molar-refractivity contribution in [3.63, 3.8) is 0 Å². The number of hydrogen-bond donors (Lipinski definition) is 1. The third kappa shape index (κ3) is 2.47. The molecule has 1 aliphatic heterocycles. The predicted molar refractivity (Wildman–Crippen MR) is 75.0 cm³/mol. The number of amides is 1. The van der Waals surface area contributed by atoms with Gasteiger partial charge in [0.25, 0.3) is 11.5 Å². The highest BCUT2D eigenvalue weighted by atomic mass is 16.2. The fourth-order valence-electron chi connectivity index (χ4n) is 2.58. The smallest absolute Gasteiger partial charge is 0.264 e. The number of aromatic nitrogens is 2. The molecule has 0 radical (unpaired) electrons. The zero-order chi connectivity index (χ0) is 14.3. The number of aryl methyl sites for hydroxylation is 1. The van der Waals surface area contributed by atoms with Crippen LogP contribution >= 0.6 is 0 Å². The Kier molecular flexibility index (Phi) is 3.33. The standard InChI is InChI=1S/C14H20N4O2/c1-9-11(13(19)16-12(15-9)10-3-4-10)14(20)18-7-5-17(2)6-8-18/h10H,3-8H2,1-2H3,(H,15,16,19). The third-order valence-corrected chi connectivity index (χ3v) is 4.09. The molecule has 1 aromatic rings. The van der Waals surface area contributed by atoms with E-state index in [-0.39, 0.29) is 17.0 Å². The maximum absolute atomic E-state index is 12.5. The highest BCUT2D eigenvalue weighted by Crippen LogP contribution is 2.37. The van der Waals surface area contributed by atoms with Crippen molar-refractivity contribution in [2.24, 2.45) is 0 Å². The van der Waals surface area contributed by atoms with Gasteiger partial charge in [-0.2, -0.15) is 0 Å². The number of carbonyl (C=O) groups is 1. The first-order valence-electron chi connectivity index (χ1n) is 7.15. The first-order chi connectivity index (χ1) is 9.56. The van der Waals surface area contributed by atoms with Gasteiger partial charge in [0.1, 0.15) is 11.4 Å². The number of nitrogens with zero attached hydrogens (tertiary/aromatic N) is 3. The van der Waals surface area contributed by atoms with Gasteiger partial charge in [0.05, 0.1) is 5.69 Å². The lowest BCUT2D eigenvalue weighted by molar-refractivity contribution is 0.0661. The van der Waals surface area contributed by atoms with Gasteiger partial charge in [-0.05, 0) is 26.8 Å². The summed E-state index contributed by atoms with van der Waals surface area (Å²) in [6.07, 6.45) is 2.16. The summed E-state index contributed by atoms with van der Waals surface area (Å²) >= 11 is 0. The van der Waals surface area contributed by atoms with Crippen LogP contribution in [0.25, 0.3) is 0 Å². The summed E-state index contributed by atoms with van der Waals surface area (Å²) in [5.41, 5.74) is 0.474. The molecule has 0 atom stereocenters. The van der Waals surface area contributed by atoms with Crippen LogP contribution in [0.5, 0.6) is 0 Å². The van der Waals surface area contributed by atoms with Crippen molar-refractivity contribution < 1.29 is 4.79 Å². The Morgan fingerprint density at radius 1 is 1.25 bits per heavy atom. The molecule has 1 amide bonds. The number of piperazine rings is 1. The number of likely N-dealkylation sites (N-methyl/N-ethyl adjacent to an activating group) is 1. The molecule has 0 spiro atoms. The third-order valence-electron chi connectivity index (χ3n) is 4.09. The van der Waals surface area contributed by atoms with Crippen LogP contribution in [0.15, 0.2) is 4.79 Å². The van der Waals surface area contributed by atoms with Gasteiger partial charge in [-0.15, -0.1) is 0 Å². The first-order valence-corrected chi connectivity index (χ1v) is 7.15. The fourth-order valence-corrected chi connectivity index (χ4v) is 2.58. The molecule has 0 aromatic carbocycles. The van der Waals surface area contributed by atoms with E-state index in [1.165, 1.54) is 0 Å². The second kappa shape index (κ2) is 5.01. The molecule has 20 heavy (non-hydrogen) atoms. The van der Waals surface area contributed by atoms with Gasteiger partial charge in [-0.1, -0.05) is 0 Å². The Morgan fingerprint density at radius 2 is 1.90 bits per heavy atom. The Labute approximate surface area is 117 Å². The summed E-state index contributed by atoms with van der Waals surface area (Å²) in [5, 5.41) is 0. The molecule has 1 saturated carbocycles. The molecule has 108 valence electrons. The zero-order valence-corrected chi connectivity index (χ0v) is 12.0. The molecule has 6 heteroatoms. The molecule has 1 saturated heterocycles. The lowest BCUT2D eigenvalue weighted by Gasteiger charge is -2.32. The maximum atomic E-state index is 12.5. The average Bonchev–Trinajstić information content (AvgIpc) is 3.22. The summed E-state index contributed by atoms with van der Waals surface area (Å²) < 4.78 is 0. The second-order valence-electron chi connectivity index (χ2n) is 5.78. The highest BCUT2D eigenvalue weighted by Gasteiger charge is 2.29. The summed E-state index contributed by atoms with van der Waals surface area (Å²) in [5.74, 6) is 0.934. The fraction of sp³-hybridized carbons (Fsp3) is 0.643. The Balaban J connectivity index is 1.86. The highest BCUT2D eigenvalue weighted by molar-refractivity contribution is 5.94. The van der Waals surface area contributed by atoms with Crippen LogP contribution in [-0.2, 0) is 0 Å². The molecule has 2 aliphatic rings. The summed E-state index contributed by atoms with van der Waals surface area (Å²) in [4.78, 5) is 35.8. The molecule has 2 fully saturated rings. The Morgan fingerprint density at radius 3 is 2.45 bits per heavy atom. The predicted octanol–water partition coefficient (Wildman–Crippen LogP) is 0.343. The van der Waals surface area contributed by atoms with Gasteiger partial charge in [-0.25, -0.2) is 4.98 Å². The molecule has 0 bridgehead atoms. The lowest BCUT2D eigenvalue weighted by Crippen LogP contribution is -2.48. The molecule has 1 aromatic heterocycles. The van der Waals surface area contributed by atoms with Gasteiger partial charge < -0.3 is 14.8 Å². The molecule has 2 heterocycles. The number of rotatable bonds is 2. The summed E-state index contributed by atoms with van der Waals surface area (Å²) in [6.45, 7) is 4.77. The zero-order valence-electron chi connectivity index (χ0n) is 12.0. The van der Waals surface area contributed by atoms with E-state index < -0.39 is 0 Å². The number of carbonyl (C=O) groups excluding carboxylic acids is 1. The minimum atomic E-state index is -0.289. The van der Waals surface area contributed by atoms with Crippen molar-refractivity contribution in [3.8, 4) is 0 Å². The number of hydrogen-bond acceptors (Lipinski definition) is 4. The van der Waals surface area contributed by atoms with E-state index in [0.717, 1.165) is 31.8 Å². The van der Waals surface area contributed by atoms with Crippen molar-refractivity contribution in [1.82, 2.24) is 19.8 Å². The summed E-state index contributed by atoms with van der Waals surface area (Å²) in [6, 6.07) is 0. The normalized spacial score (nSPS) is 20.2. The van der Waals surface area contributed by atoms with Crippen LogP contribution in [0.2, 0.25) is 0 Å². The maximum Gasteiger partial charge on any atom is 0.264 e. The molecule has 1 N–H and O–H groups in total. The van der Waals surface area contributed by atoms with Crippen LogP contribution in [0, 0.1) is 6.92 Å².